The van der Waals surface area contributed by atoms with E-state index < -0.39 is 0 Å². The van der Waals surface area contributed by atoms with Crippen LogP contribution in [-0.4, -0.2) is 77.9 Å². The number of rotatable bonds is 5. The topological polar surface area (TPSA) is 81.9 Å². The van der Waals surface area contributed by atoms with E-state index in [1.54, 1.807) is 37.2 Å². The minimum absolute atomic E-state index is 0.00829. The van der Waals surface area contributed by atoms with Gasteiger partial charge in [-0.2, -0.15) is 0 Å². The fourth-order valence-corrected chi connectivity index (χ4v) is 3.14. The standard InChI is InChI=1S/C20H29N5O3/c1-5-14(2)21-20(27)25-10-8-24(9-11-25)13-18-22-16-12-15(19(26)23(3)4)6-7-17(16)28-18/h6-7,12,14H,5,8-11,13H2,1-4H3,(H,21,27)/t14-/m1/s1. The summed E-state index contributed by atoms with van der Waals surface area (Å²) in [5.74, 6) is 0.570. The third-order valence-electron chi connectivity index (χ3n) is 5.09. The second-order valence-electron chi connectivity index (χ2n) is 7.51. The highest BCUT2D eigenvalue weighted by molar-refractivity contribution is 5.96. The summed E-state index contributed by atoms with van der Waals surface area (Å²) >= 11 is 0. The number of fused-ring (bicyclic) bond motifs is 1. The number of carbonyl (C=O) groups excluding carboxylic acids is 2. The zero-order chi connectivity index (χ0) is 20.3. The van der Waals surface area contributed by atoms with Crippen molar-refractivity contribution in [2.45, 2.75) is 32.9 Å². The minimum Gasteiger partial charge on any atom is -0.439 e. The Morgan fingerprint density at radius 3 is 2.61 bits per heavy atom. The number of hydrogen-bond donors (Lipinski definition) is 1. The third-order valence-corrected chi connectivity index (χ3v) is 5.09. The Balaban J connectivity index is 1.58. The van der Waals surface area contributed by atoms with Gasteiger partial charge in [-0.25, -0.2) is 9.78 Å². The Labute approximate surface area is 165 Å². The second kappa shape index (κ2) is 8.60. The van der Waals surface area contributed by atoms with Gasteiger partial charge in [0, 0.05) is 51.9 Å². The fraction of sp³-hybridized carbons (Fsp3) is 0.550. The summed E-state index contributed by atoms with van der Waals surface area (Å²) in [6.45, 7) is 7.58. The Bertz CT molecular complexity index is 839. The zero-order valence-electron chi connectivity index (χ0n) is 17.1. The quantitative estimate of drug-likeness (QED) is 0.850. The van der Waals surface area contributed by atoms with Gasteiger partial charge in [0.25, 0.3) is 5.91 Å². The average Bonchev–Trinajstić information content (AvgIpc) is 3.08. The molecule has 0 unspecified atom stereocenters. The molecule has 2 heterocycles. The lowest BCUT2D eigenvalue weighted by Gasteiger charge is -2.34. The van der Waals surface area contributed by atoms with Gasteiger partial charge in [-0.1, -0.05) is 6.92 Å². The molecule has 1 aromatic heterocycles. The van der Waals surface area contributed by atoms with Crippen LogP contribution in [0.4, 0.5) is 4.79 Å². The highest BCUT2D eigenvalue weighted by Crippen LogP contribution is 2.19. The molecule has 1 aliphatic rings. The summed E-state index contributed by atoms with van der Waals surface area (Å²) in [7, 11) is 3.45. The number of nitrogens with zero attached hydrogens (tertiary/aromatic N) is 4. The van der Waals surface area contributed by atoms with E-state index in [2.05, 4.69) is 22.1 Å². The summed E-state index contributed by atoms with van der Waals surface area (Å²) in [6.07, 6.45) is 0.922. The maximum absolute atomic E-state index is 12.2. The van der Waals surface area contributed by atoms with Crippen LogP contribution >= 0.6 is 0 Å². The van der Waals surface area contributed by atoms with Crippen LogP contribution in [0.5, 0.6) is 0 Å². The molecule has 1 N–H and O–H groups in total. The number of carbonyl (C=O) groups is 2. The van der Waals surface area contributed by atoms with Gasteiger partial charge in [-0.3, -0.25) is 9.69 Å². The highest BCUT2D eigenvalue weighted by Gasteiger charge is 2.23. The molecule has 0 aliphatic carbocycles. The van der Waals surface area contributed by atoms with Crippen molar-refractivity contribution in [1.82, 2.24) is 25.0 Å². The molecular weight excluding hydrogens is 358 g/mol. The number of nitrogens with one attached hydrogen (secondary N) is 1. The van der Waals surface area contributed by atoms with E-state index in [0.29, 0.717) is 42.2 Å². The monoisotopic (exact) mass is 387 g/mol. The molecule has 0 radical (unpaired) electrons. The first-order chi connectivity index (χ1) is 13.4. The summed E-state index contributed by atoms with van der Waals surface area (Å²) < 4.78 is 5.84. The number of urea groups is 1. The van der Waals surface area contributed by atoms with Crippen LogP contribution in [0.3, 0.4) is 0 Å². The van der Waals surface area contributed by atoms with Crippen LogP contribution in [0.1, 0.15) is 36.5 Å². The average molecular weight is 387 g/mol. The summed E-state index contributed by atoms with van der Waals surface area (Å²) in [5.41, 5.74) is 1.96. The van der Waals surface area contributed by atoms with E-state index >= 15 is 0 Å². The number of benzene rings is 1. The summed E-state index contributed by atoms with van der Waals surface area (Å²) in [6, 6.07) is 5.51. The summed E-state index contributed by atoms with van der Waals surface area (Å²) in [4.78, 5) is 34.5. The molecule has 1 fully saturated rings. The van der Waals surface area contributed by atoms with E-state index in [9.17, 15) is 9.59 Å². The maximum Gasteiger partial charge on any atom is 0.317 e. The predicted molar refractivity (Wildman–Crippen MR) is 107 cm³/mol. The fourth-order valence-electron chi connectivity index (χ4n) is 3.14. The predicted octanol–water partition coefficient (Wildman–Crippen LogP) is 2.16. The molecule has 0 spiro atoms. The SMILES string of the molecule is CC[C@@H](C)NC(=O)N1CCN(Cc2nc3cc(C(=O)N(C)C)ccc3o2)CC1. The molecule has 0 bridgehead atoms. The lowest BCUT2D eigenvalue weighted by atomic mass is 10.2. The van der Waals surface area contributed by atoms with Crippen molar-refractivity contribution in [3.8, 4) is 0 Å². The first-order valence-corrected chi connectivity index (χ1v) is 9.76. The first-order valence-electron chi connectivity index (χ1n) is 9.76. The van der Waals surface area contributed by atoms with Gasteiger partial charge in [0.05, 0.1) is 6.54 Å². The van der Waals surface area contributed by atoms with Crippen LogP contribution in [-0.2, 0) is 6.54 Å². The van der Waals surface area contributed by atoms with Crippen molar-refractivity contribution in [1.29, 1.82) is 0 Å². The Hall–Kier alpha value is -2.61. The van der Waals surface area contributed by atoms with E-state index in [4.69, 9.17) is 4.42 Å². The molecule has 28 heavy (non-hydrogen) atoms. The van der Waals surface area contributed by atoms with Crippen molar-refractivity contribution in [2.24, 2.45) is 0 Å². The van der Waals surface area contributed by atoms with Gasteiger partial charge in [0.1, 0.15) is 5.52 Å². The van der Waals surface area contributed by atoms with Crippen LogP contribution < -0.4 is 5.32 Å². The van der Waals surface area contributed by atoms with Gasteiger partial charge in [-0.15, -0.1) is 0 Å². The number of piperazine rings is 1. The van der Waals surface area contributed by atoms with Crippen LogP contribution in [0, 0.1) is 0 Å². The molecule has 1 aromatic carbocycles. The molecule has 0 saturated carbocycles. The van der Waals surface area contributed by atoms with Crippen molar-refractivity contribution < 1.29 is 14.0 Å². The molecule has 1 saturated heterocycles. The molecule has 8 nitrogen and oxygen atoms in total. The summed E-state index contributed by atoms with van der Waals surface area (Å²) in [5, 5.41) is 3.01. The molecule has 152 valence electrons. The van der Waals surface area contributed by atoms with Gasteiger partial charge in [0.2, 0.25) is 5.89 Å². The van der Waals surface area contributed by atoms with Crippen molar-refractivity contribution in [2.75, 3.05) is 40.3 Å². The Morgan fingerprint density at radius 1 is 1.25 bits per heavy atom. The van der Waals surface area contributed by atoms with Gasteiger partial charge in [-0.05, 0) is 31.5 Å². The normalized spacial score (nSPS) is 16.2. The van der Waals surface area contributed by atoms with Crippen molar-refractivity contribution in [3.63, 3.8) is 0 Å². The highest BCUT2D eigenvalue weighted by atomic mass is 16.3. The van der Waals surface area contributed by atoms with Crippen LogP contribution in [0.2, 0.25) is 0 Å². The van der Waals surface area contributed by atoms with Crippen molar-refractivity contribution in [3.05, 3.63) is 29.7 Å². The zero-order valence-corrected chi connectivity index (χ0v) is 17.1. The molecule has 3 amide bonds. The van der Waals surface area contributed by atoms with Crippen molar-refractivity contribution >= 4 is 23.0 Å². The Kier molecular flexibility index (Phi) is 6.18. The van der Waals surface area contributed by atoms with Gasteiger partial charge >= 0.3 is 6.03 Å². The minimum atomic E-state index is -0.0572. The molecule has 1 aliphatic heterocycles. The van der Waals surface area contributed by atoms with E-state index in [-0.39, 0.29) is 18.0 Å². The molecular formula is C20H29N5O3. The number of oxazole rings is 1. The smallest absolute Gasteiger partial charge is 0.317 e. The Morgan fingerprint density at radius 2 is 1.96 bits per heavy atom. The largest absolute Gasteiger partial charge is 0.439 e. The maximum atomic E-state index is 12.2. The van der Waals surface area contributed by atoms with Crippen LogP contribution in [0.15, 0.2) is 22.6 Å². The lowest BCUT2D eigenvalue weighted by molar-refractivity contribution is 0.0827. The lowest BCUT2D eigenvalue weighted by Crippen LogP contribution is -2.52. The number of hydrogen-bond acceptors (Lipinski definition) is 5. The molecule has 3 rings (SSSR count). The first kappa shape index (κ1) is 20.1. The van der Waals surface area contributed by atoms with Gasteiger partial charge < -0.3 is 19.5 Å². The van der Waals surface area contributed by atoms with Gasteiger partial charge in [0.15, 0.2) is 5.58 Å². The van der Waals surface area contributed by atoms with E-state index in [1.807, 2.05) is 11.8 Å². The third kappa shape index (κ3) is 4.62. The second-order valence-corrected chi connectivity index (χ2v) is 7.51. The molecule has 8 heteroatoms. The van der Waals surface area contributed by atoms with E-state index in [1.165, 1.54) is 0 Å². The number of aromatic nitrogens is 1. The number of amides is 3. The van der Waals surface area contributed by atoms with Crippen LogP contribution in [0.25, 0.3) is 11.1 Å². The molecule has 2 aromatic rings. The van der Waals surface area contributed by atoms with E-state index in [0.717, 1.165) is 19.5 Å². The molecule has 1 atom stereocenters.